The second-order valence-corrected chi connectivity index (χ2v) is 6.68. The zero-order valence-corrected chi connectivity index (χ0v) is 10.1. The Morgan fingerprint density at radius 3 is 3.00 bits per heavy atom. The number of rotatable bonds is 2. The Balaban J connectivity index is 2.16. The average molecular weight is 180 g/mol. The molecule has 3 heteroatoms. The van der Waals surface area contributed by atoms with Gasteiger partial charge in [-0.05, 0) is 17.5 Å². The van der Waals surface area contributed by atoms with Crippen LogP contribution >= 0.6 is 0 Å². The molecule has 1 atom stereocenters. The summed E-state index contributed by atoms with van der Waals surface area (Å²) >= 11 is 0. The Bertz CT molecular complexity index is 262. The van der Waals surface area contributed by atoms with E-state index in [0.717, 1.165) is 16.0 Å². The third-order valence-electron chi connectivity index (χ3n) is 2.33. The van der Waals surface area contributed by atoms with Gasteiger partial charge in [0.2, 0.25) is 0 Å². The summed E-state index contributed by atoms with van der Waals surface area (Å²) in [5.74, 6) is 0. The van der Waals surface area contributed by atoms with Crippen LogP contribution in [0.1, 0.15) is 16.7 Å². The number of hydrogen-bond donors (Lipinski definition) is 0. The highest BCUT2D eigenvalue weighted by atomic mass is 28.3. The molecule has 1 unspecified atom stereocenters. The molecule has 0 N–H and O–H groups in total. The smallest absolute Gasteiger partial charge is 0.153 e. The molecule has 0 radical (unpaired) electrons. The lowest BCUT2D eigenvalue weighted by atomic mass is 9.88. The predicted octanol–water partition coefficient (Wildman–Crippen LogP) is -0.335. The van der Waals surface area contributed by atoms with E-state index in [1.165, 1.54) is 6.42 Å². The van der Waals surface area contributed by atoms with E-state index in [1.807, 2.05) is 0 Å². The second kappa shape index (κ2) is 2.93. The molecule has 0 fully saturated rings. The highest BCUT2D eigenvalue weighted by molar-refractivity contribution is 6.37. The number of hydrogen-bond acceptors (Lipinski definition) is 1. The van der Waals surface area contributed by atoms with Crippen molar-refractivity contribution in [3.63, 3.8) is 0 Å². The van der Waals surface area contributed by atoms with Crippen LogP contribution in [-0.4, -0.2) is 20.2 Å². The lowest BCUT2D eigenvalue weighted by molar-refractivity contribution is 0.615. The van der Waals surface area contributed by atoms with Gasteiger partial charge in [0, 0.05) is 5.54 Å². The van der Waals surface area contributed by atoms with E-state index in [4.69, 9.17) is 4.12 Å². The summed E-state index contributed by atoms with van der Waals surface area (Å²) in [5.41, 5.74) is 3.95. The van der Waals surface area contributed by atoms with E-state index >= 15 is 0 Å². The lowest BCUT2D eigenvalue weighted by Gasteiger charge is -2.28. The molecular formula is C8H12OSi2. The highest BCUT2D eigenvalue weighted by Gasteiger charge is 2.24. The quantitative estimate of drug-likeness (QED) is 0.566. The summed E-state index contributed by atoms with van der Waals surface area (Å²) < 4.78 is 5.38. The maximum atomic E-state index is 5.38. The standard InChI is InChI=1S/C8H12OSi2/c10-9-11-8-5-6-3-1-2-4-7(6)8/h1-4,8H,5,11H2,10H3. The van der Waals surface area contributed by atoms with E-state index in [9.17, 15) is 0 Å². The van der Waals surface area contributed by atoms with Gasteiger partial charge in [-0.25, -0.2) is 0 Å². The summed E-state index contributed by atoms with van der Waals surface area (Å²) in [6.45, 7) is 0. The van der Waals surface area contributed by atoms with Crippen molar-refractivity contribution in [2.75, 3.05) is 0 Å². The molecule has 1 aromatic carbocycles. The van der Waals surface area contributed by atoms with Crippen molar-refractivity contribution in [3.05, 3.63) is 35.4 Å². The van der Waals surface area contributed by atoms with Gasteiger partial charge in [0.25, 0.3) is 0 Å². The Hall–Kier alpha value is -0.386. The third-order valence-corrected chi connectivity index (χ3v) is 4.79. The normalized spacial score (nSPS) is 22.0. The van der Waals surface area contributed by atoms with Gasteiger partial charge in [0.05, 0.1) is 0 Å². The molecular weight excluding hydrogens is 168 g/mol. The van der Waals surface area contributed by atoms with Gasteiger partial charge in [-0.2, -0.15) is 0 Å². The van der Waals surface area contributed by atoms with Crippen LogP contribution in [0.2, 0.25) is 0 Å². The van der Waals surface area contributed by atoms with Gasteiger partial charge in [0.15, 0.2) is 9.76 Å². The van der Waals surface area contributed by atoms with Gasteiger partial charge in [0.1, 0.15) is 10.5 Å². The summed E-state index contributed by atoms with van der Waals surface area (Å²) in [5, 5.41) is 0. The predicted molar refractivity (Wildman–Crippen MR) is 52.5 cm³/mol. The highest BCUT2D eigenvalue weighted by Crippen LogP contribution is 2.33. The molecule has 11 heavy (non-hydrogen) atoms. The summed E-state index contributed by atoms with van der Waals surface area (Å²) in [7, 11) is 0.715. The van der Waals surface area contributed by atoms with Gasteiger partial charge >= 0.3 is 0 Å². The largest absolute Gasteiger partial charge is 0.468 e. The van der Waals surface area contributed by atoms with Crippen LogP contribution in [0.25, 0.3) is 0 Å². The molecule has 1 aromatic rings. The molecule has 0 heterocycles. The topological polar surface area (TPSA) is 9.23 Å². The van der Waals surface area contributed by atoms with E-state index in [2.05, 4.69) is 24.3 Å². The molecule has 0 amide bonds. The zero-order chi connectivity index (χ0) is 7.68. The first kappa shape index (κ1) is 7.27. The second-order valence-electron chi connectivity index (χ2n) is 3.06. The van der Waals surface area contributed by atoms with Crippen LogP contribution < -0.4 is 0 Å². The van der Waals surface area contributed by atoms with E-state index < -0.39 is 0 Å². The molecule has 1 aliphatic carbocycles. The minimum atomic E-state index is -0.214. The first-order valence-electron chi connectivity index (χ1n) is 3.98. The number of fused-ring (bicyclic) bond motifs is 1. The van der Waals surface area contributed by atoms with Crippen molar-refractivity contribution in [1.29, 1.82) is 0 Å². The lowest BCUT2D eigenvalue weighted by Crippen LogP contribution is -2.23. The van der Waals surface area contributed by atoms with E-state index in [0.29, 0.717) is 0 Å². The molecule has 0 aromatic heterocycles. The summed E-state index contributed by atoms with van der Waals surface area (Å²) in [6, 6.07) is 8.73. The molecule has 0 saturated heterocycles. The Morgan fingerprint density at radius 2 is 2.27 bits per heavy atom. The fraction of sp³-hybridized carbons (Fsp3) is 0.250. The first-order valence-corrected chi connectivity index (χ1v) is 6.19. The molecule has 0 aliphatic heterocycles. The SMILES string of the molecule is [SiH3]O[SiH2]C1Cc2ccccc21. The zero-order valence-electron chi connectivity index (χ0n) is 6.71. The van der Waals surface area contributed by atoms with Gasteiger partial charge in [-0.3, -0.25) is 0 Å². The third kappa shape index (κ3) is 1.19. The maximum absolute atomic E-state index is 5.38. The summed E-state index contributed by atoms with van der Waals surface area (Å²) in [4.78, 5) is 0. The van der Waals surface area contributed by atoms with Crippen LogP contribution in [0.3, 0.4) is 0 Å². The molecule has 0 bridgehead atoms. The maximum Gasteiger partial charge on any atom is 0.153 e. The van der Waals surface area contributed by atoms with Crippen LogP contribution in [0.4, 0.5) is 0 Å². The first-order chi connectivity index (χ1) is 5.42. The molecule has 2 rings (SSSR count). The summed E-state index contributed by atoms with van der Waals surface area (Å²) in [6.07, 6.45) is 1.28. The molecule has 1 nitrogen and oxygen atoms in total. The number of benzene rings is 1. The van der Waals surface area contributed by atoms with Crippen molar-refractivity contribution in [1.82, 2.24) is 0 Å². The van der Waals surface area contributed by atoms with Gasteiger partial charge in [-0.15, -0.1) is 0 Å². The van der Waals surface area contributed by atoms with Crippen LogP contribution in [0.5, 0.6) is 0 Å². The van der Waals surface area contributed by atoms with Crippen LogP contribution in [0.15, 0.2) is 24.3 Å². The van der Waals surface area contributed by atoms with Gasteiger partial charge in [-0.1, -0.05) is 24.3 Å². The molecule has 0 spiro atoms. The molecule has 0 saturated carbocycles. The van der Waals surface area contributed by atoms with Crippen molar-refractivity contribution in [2.24, 2.45) is 0 Å². The van der Waals surface area contributed by atoms with E-state index in [1.54, 1.807) is 11.1 Å². The van der Waals surface area contributed by atoms with Crippen molar-refractivity contribution < 1.29 is 4.12 Å². The van der Waals surface area contributed by atoms with Crippen molar-refractivity contribution in [2.45, 2.75) is 12.0 Å². The van der Waals surface area contributed by atoms with Crippen LogP contribution in [0, 0.1) is 0 Å². The molecule has 58 valence electrons. The van der Waals surface area contributed by atoms with Crippen molar-refractivity contribution >= 4 is 20.2 Å². The van der Waals surface area contributed by atoms with Crippen LogP contribution in [-0.2, 0) is 10.5 Å². The minimum Gasteiger partial charge on any atom is -0.468 e. The Labute approximate surface area is 72.3 Å². The minimum absolute atomic E-state index is 0.214. The Morgan fingerprint density at radius 1 is 1.45 bits per heavy atom. The molecule has 1 aliphatic rings. The van der Waals surface area contributed by atoms with E-state index in [-0.39, 0.29) is 9.76 Å². The van der Waals surface area contributed by atoms with Crippen molar-refractivity contribution in [3.8, 4) is 0 Å². The monoisotopic (exact) mass is 180 g/mol. The fourth-order valence-electron chi connectivity index (χ4n) is 1.71. The van der Waals surface area contributed by atoms with Gasteiger partial charge < -0.3 is 4.12 Å². The fourth-order valence-corrected chi connectivity index (χ4v) is 4.33. The average Bonchev–Trinajstić information content (AvgIpc) is 2.01. The Kier molecular flexibility index (Phi) is 1.93.